The molecule has 0 saturated carbocycles. The minimum absolute atomic E-state index is 0.0775. The summed E-state index contributed by atoms with van der Waals surface area (Å²) in [5, 5.41) is 2.64. The summed E-state index contributed by atoms with van der Waals surface area (Å²) in [5.41, 5.74) is 5.11. The number of nitrogens with two attached hydrogens (primary N) is 1. The number of rotatable bonds is 4. The van der Waals surface area contributed by atoms with E-state index >= 15 is 0 Å². The van der Waals surface area contributed by atoms with Crippen molar-refractivity contribution < 1.29 is 18.7 Å². The largest absolute Gasteiger partial charge is 0.468 e. The molecule has 0 heterocycles. The van der Waals surface area contributed by atoms with E-state index in [0.717, 1.165) is 6.07 Å². The van der Waals surface area contributed by atoms with Gasteiger partial charge >= 0.3 is 5.97 Å². The number of anilines is 1. The van der Waals surface area contributed by atoms with Gasteiger partial charge in [0.15, 0.2) is 0 Å². The highest BCUT2D eigenvalue weighted by Gasteiger charge is 2.08. The number of carbonyl (C=O) groups excluding carboxylic acids is 2. The molecule has 0 spiro atoms. The maximum atomic E-state index is 13.3. The van der Waals surface area contributed by atoms with Crippen LogP contribution in [0, 0.1) is 5.82 Å². The summed E-state index contributed by atoms with van der Waals surface area (Å²) in [6, 6.07) is 3.78. The first kappa shape index (κ1) is 12.0. The molecule has 6 heteroatoms. The highest BCUT2D eigenvalue weighted by atomic mass is 19.1. The Balaban J connectivity index is 2.74. The molecule has 0 aliphatic heterocycles. The van der Waals surface area contributed by atoms with Crippen LogP contribution < -0.4 is 11.1 Å². The van der Waals surface area contributed by atoms with Crippen molar-refractivity contribution in [1.29, 1.82) is 0 Å². The van der Waals surface area contributed by atoms with Crippen molar-refractivity contribution in [3.05, 3.63) is 29.6 Å². The van der Waals surface area contributed by atoms with E-state index in [2.05, 4.69) is 10.1 Å². The average Bonchev–Trinajstić information content (AvgIpc) is 2.25. The third kappa shape index (κ3) is 2.94. The Morgan fingerprint density at radius 1 is 1.50 bits per heavy atom. The van der Waals surface area contributed by atoms with Gasteiger partial charge < -0.3 is 15.8 Å². The second kappa shape index (κ2) is 5.11. The zero-order valence-corrected chi connectivity index (χ0v) is 8.62. The zero-order chi connectivity index (χ0) is 12.1. The molecular formula is C10H11FN2O3. The van der Waals surface area contributed by atoms with E-state index in [9.17, 15) is 14.0 Å². The molecule has 3 N–H and O–H groups in total. The van der Waals surface area contributed by atoms with Crippen molar-refractivity contribution in [1.82, 2.24) is 0 Å². The number of methoxy groups -OCH3 is 1. The molecular weight excluding hydrogens is 215 g/mol. The molecule has 0 aromatic heterocycles. The number of ether oxygens (including phenoxy) is 1. The van der Waals surface area contributed by atoms with Gasteiger partial charge in [-0.05, 0) is 18.2 Å². The molecule has 0 bridgehead atoms. The standard InChI is InChI=1S/C10H11FN2O3/c1-16-9(14)5-13-6-2-3-7(10(12)15)8(11)4-6/h2-4,13H,5H2,1H3,(H2,12,15). The third-order valence-corrected chi connectivity index (χ3v) is 1.90. The normalized spacial score (nSPS) is 9.62. The molecule has 0 aliphatic rings. The first-order chi connectivity index (χ1) is 7.54. The van der Waals surface area contributed by atoms with Crippen LogP contribution in [0.15, 0.2) is 18.2 Å². The van der Waals surface area contributed by atoms with Gasteiger partial charge in [0.25, 0.3) is 5.91 Å². The fraction of sp³-hybridized carbons (Fsp3) is 0.200. The maximum Gasteiger partial charge on any atom is 0.325 e. The lowest BCUT2D eigenvalue weighted by Crippen LogP contribution is -2.16. The Kier molecular flexibility index (Phi) is 3.82. The van der Waals surface area contributed by atoms with Crippen LogP contribution in [0.25, 0.3) is 0 Å². The van der Waals surface area contributed by atoms with Crippen LogP contribution in [0.3, 0.4) is 0 Å². The number of primary amides is 1. The molecule has 0 saturated heterocycles. The van der Waals surface area contributed by atoms with Crippen LogP contribution in [0.5, 0.6) is 0 Å². The quantitative estimate of drug-likeness (QED) is 0.733. The predicted octanol–water partition coefficient (Wildman–Crippen LogP) is 0.510. The van der Waals surface area contributed by atoms with Crippen molar-refractivity contribution in [3.63, 3.8) is 0 Å². The van der Waals surface area contributed by atoms with Crippen LogP contribution in [0.1, 0.15) is 10.4 Å². The number of esters is 1. The number of benzene rings is 1. The topological polar surface area (TPSA) is 81.4 Å². The monoisotopic (exact) mass is 226 g/mol. The number of nitrogens with one attached hydrogen (secondary N) is 1. The van der Waals surface area contributed by atoms with Crippen LogP contribution >= 0.6 is 0 Å². The van der Waals surface area contributed by atoms with Crippen molar-refractivity contribution in [2.75, 3.05) is 19.0 Å². The minimum Gasteiger partial charge on any atom is -0.468 e. The fourth-order valence-electron chi connectivity index (χ4n) is 1.07. The molecule has 0 aliphatic carbocycles. The lowest BCUT2D eigenvalue weighted by atomic mass is 10.2. The summed E-state index contributed by atoms with van der Waals surface area (Å²) in [6.45, 7) is -0.0775. The van der Waals surface area contributed by atoms with Gasteiger partial charge in [-0.15, -0.1) is 0 Å². The van der Waals surface area contributed by atoms with Crippen LogP contribution in [-0.2, 0) is 9.53 Å². The van der Waals surface area contributed by atoms with E-state index in [0.29, 0.717) is 5.69 Å². The van der Waals surface area contributed by atoms with Gasteiger partial charge in [-0.1, -0.05) is 0 Å². The smallest absolute Gasteiger partial charge is 0.325 e. The second-order valence-electron chi connectivity index (χ2n) is 2.99. The van der Waals surface area contributed by atoms with Gasteiger partial charge in [0.05, 0.1) is 12.7 Å². The molecule has 16 heavy (non-hydrogen) atoms. The number of amides is 1. The Morgan fingerprint density at radius 3 is 2.69 bits per heavy atom. The Hall–Kier alpha value is -2.11. The lowest BCUT2D eigenvalue weighted by molar-refractivity contribution is -0.138. The van der Waals surface area contributed by atoms with Gasteiger partial charge in [-0.3, -0.25) is 9.59 Å². The molecule has 5 nitrogen and oxygen atoms in total. The van der Waals surface area contributed by atoms with Crippen LogP contribution in [0.2, 0.25) is 0 Å². The highest BCUT2D eigenvalue weighted by molar-refractivity contribution is 5.93. The van der Waals surface area contributed by atoms with Gasteiger partial charge in [0.2, 0.25) is 0 Å². The molecule has 0 fully saturated rings. The van der Waals surface area contributed by atoms with Crippen molar-refractivity contribution >= 4 is 17.6 Å². The lowest BCUT2D eigenvalue weighted by Gasteiger charge is -2.06. The molecule has 86 valence electrons. The first-order valence-corrected chi connectivity index (χ1v) is 4.44. The van der Waals surface area contributed by atoms with E-state index in [1.54, 1.807) is 0 Å². The summed E-state index contributed by atoms with van der Waals surface area (Å²) in [4.78, 5) is 21.5. The highest BCUT2D eigenvalue weighted by Crippen LogP contribution is 2.13. The number of hydrogen-bond donors (Lipinski definition) is 2. The van der Waals surface area contributed by atoms with E-state index < -0.39 is 17.7 Å². The van der Waals surface area contributed by atoms with E-state index in [-0.39, 0.29) is 12.1 Å². The maximum absolute atomic E-state index is 13.3. The van der Waals surface area contributed by atoms with E-state index in [1.165, 1.54) is 19.2 Å². The number of carbonyl (C=O) groups is 2. The Labute approximate surface area is 91.4 Å². The van der Waals surface area contributed by atoms with Crippen molar-refractivity contribution in [3.8, 4) is 0 Å². The first-order valence-electron chi connectivity index (χ1n) is 4.44. The molecule has 1 aromatic rings. The summed E-state index contributed by atoms with van der Waals surface area (Å²) in [5.74, 6) is -2.04. The summed E-state index contributed by atoms with van der Waals surface area (Å²) >= 11 is 0. The minimum atomic E-state index is -0.836. The number of hydrogen-bond acceptors (Lipinski definition) is 4. The van der Waals surface area contributed by atoms with Crippen molar-refractivity contribution in [2.45, 2.75) is 0 Å². The second-order valence-corrected chi connectivity index (χ2v) is 2.99. The van der Waals surface area contributed by atoms with E-state index in [1.807, 2.05) is 0 Å². The molecule has 1 aromatic carbocycles. The Bertz CT molecular complexity index is 421. The zero-order valence-electron chi connectivity index (χ0n) is 8.62. The van der Waals surface area contributed by atoms with Gasteiger partial charge in [-0.2, -0.15) is 0 Å². The SMILES string of the molecule is COC(=O)CNc1ccc(C(N)=O)c(F)c1. The Morgan fingerprint density at radius 2 is 2.19 bits per heavy atom. The molecule has 1 rings (SSSR count). The summed E-state index contributed by atoms with van der Waals surface area (Å²) in [7, 11) is 1.25. The number of halogens is 1. The molecule has 0 unspecified atom stereocenters. The molecule has 0 radical (unpaired) electrons. The summed E-state index contributed by atoms with van der Waals surface area (Å²) in [6.07, 6.45) is 0. The van der Waals surface area contributed by atoms with E-state index in [4.69, 9.17) is 5.73 Å². The van der Waals surface area contributed by atoms with Crippen LogP contribution in [0.4, 0.5) is 10.1 Å². The van der Waals surface area contributed by atoms with Crippen molar-refractivity contribution in [2.24, 2.45) is 5.73 Å². The average molecular weight is 226 g/mol. The third-order valence-electron chi connectivity index (χ3n) is 1.90. The van der Waals surface area contributed by atoms with Crippen LogP contribution in [-0.4, -0.2) is 25.5 Å². The fourth-order valence-corrected chi connectivity index (χ4v) is 1.07. The molecule has 1 amide bonds. The van der Waals surface area contributed by atoms with Gasteiger partial charge in [0.1, 0.15) is 12.4 Å². The summed E-state index contributed by atoms with van der Waals surface area (Å²) < 4.78 is 17.6. The predicted molar refractivity (Wildman–Crippen MR) is 55.4 cm³/mol. The van der Waals surface area contributed by atoms with Gasteiger partial charge in [0, 0.05) is 5.69 Å². The van der Waals surface area contributed by atoms with Gasteiger partial charge in [-0.25, -0.2) is 4.39 Å². The molecule has 0 atom stereocenters.